The van der Waals surface area contributed by atoms with Crippen molar-refractivity contribution in [1.82, 2.24) is 0 Å². The number of phenolic OH excluding ortho intramolecular Hbond substituents is 1. The lowest BCUT2D eigenvalue weighted by Gasteiger charge is -2.28. The molecule has 0 aromatic heterocycles. The van der Waals surface area contributed by atoms with E-state index in [1.165, 1.54) is 38.2 Å². The van der Waals surface area contributed by atoms with Gasteiger partial charge >= 0.3 is 0 Å². The molecule has 3 heteroatoms. The highest BCUT2D eigenvalue weighted by molar-refractivity contribution is 5.44. The average molecular weight is 264 g/mol. The number of methoxy groups -OCH3 is 1. The second kappa shape index (κ2) is 8.70. The maximum absolute atomic E-state index is 9.25. The monoisotopic (exact) mass is 264 g/mol. The fourth-order valence-electron chi connectivity index (χ4n) is 2.64. The molecule has 0 aliphatic heterocycles. The van der Waals surface area contributed by atoms with Crippen LogP contribution in [0.4, 0.5) is 0 Å². The van der Waals surface area contributed by atoms with E-state index in [0.29, 0.717) is 11.7 Å². The summed E-state index contributed by atoms with van der Waals surface area (Å²) in [6.45, 7) is 2.35. The molecule has 1 aliphatic rings. The van der Waals surface area contributed by atoms with Crippen molar-refractivity contribution in [1.29, 1.82) is 0 Å². The second-order valence-electron chi connectivity index (χ2n) is 5.00. The minimum Gasteiger partial charge on any atom is -0.508 e. The van der Waals surface area contributed by atoms with Crippen LogP contribution in [0.5, 0.6) is 5.75 Å². The number of hydrogen-bond acceptors (Lipinski definition) is 3. The minimum absolute atomic E-state index is 0.358. The summed E-state index contributed by atoms with van der Waals surface area (Å²) in [5.74, 6) is 1.78. The minimum atomic E-state index is 0.358. The van der Waals surface area contributed by atoms with Gasteiger partial charge in [0.2, 0.25) is 0 Å². The molecule has 1 fully saturated rings. The van der Waals surface area contributed by atoms with Crippen molar-refractivity contribution in [3.63, 3.8) is 0 Å². The standard InChI is InChI=1S/C14H20O2.C2H4O/c1-16-10-11-2-4-12(5-3-11)13-6-8-14(15)9-7-13;1-2-3/h6-9,11-12,15H,2-5,10H2,1H3;2H,1H3. The highest BCUT2D eigenvalue weighted by atomic mass is 16.5. The molecule has 0 saturated heterocycles. The smallest absolute Gasteiger partial charge is 0.116 e. The van der Waals surface area contributed by atoms with Gasteiger partial charge < -0.3 is 14.6 Å². The van der Waals surface area contributed by atoms with E-state index in [-0.39, 0.29) is 0 Å². The molecule has 3 nitrogen and oxygen atoms in total. The third kappa shape index (κ3) is 5.43. The van der Waals surface area contributed by atoms with E-state index in [0.717, 1.165) is 18.8 Å². The highest BCUT2D eigenvalue weighted by Crippen LogP contribution is 2.36. The van der Waals surface area contributed by atoms with E-state index in [2.05, 4.69) is 12.1 Å². The molecule has 0 atom stereocenters. The van der Waals surface area contributed by atoms with E-state index in [1.54, 1.807) is 19.2 Å². The van der Waals surface area contributed by atoms with Gasteiger partial charge in [0.05, 0.1) is 0 Å². The summed E-state index contributed by atoms with van der Waals surface area (Å²) < 4.78 is 5.20. The maximum atomic E-state index is 9.25. The summed E-state index contributed by atoms with van der Waals surface area (Å²) in [7, 11) is 1.78. The van der Waals surface area contributed by atoms with Crippen molar-refractivity contribution in [2.24, 2.45) is 5.92 Å². The zero-order valence-corrected chi connectivity index (χ0v) is 11.8. The van der Waals surface area contributed by atoms with Gasteiger partial charge in [0.1, 0.15) is 12.0 Å². The number of aromatic hydroxyl groups is 1. The van der Waals surface area contributed by atoms with Crippen LogP contribution in [-0.4, -0.2) is 25.1 Å². The first kappa shape index (κ1) is 15.7. The van der Waals surface area contributed by atoms with E-state index in [4.69, 9.17) is 9.53 Å². The molecule has 0 spiro atoms. The Hall–Kier alpha value is -1.35. The van der Waals surface area contributed by atoms with Crippen LogP contribution < -0.4 is 0 Å². The van der Waals surface area contributed by atoms with Crippen molar-refractivity contribution in [2.45, 2.75) is 38.5 Å². The first-order valence-corrected chi connectivity index (χ1v) is 6.88. The van der Waals surface area contributed by atoms with E-state index in [1.807, 2.05) is 0 Å². The molecule has 1 aromatic rings. The van der Waals surface area contributed by atoms with Gasteiger partial charge in [0, 0.05) is 13.7 Å². The fraction of sp³-hybridized carbons (Fsp3) is 0.562. The molecule has 0 radical (unpaired) electrons. The van der Waals surface area contributed by atoms with Crippen LogP contribution in [0.3, 0.4) is 0 Å². The Morgan fingerprint density at radius 3 is 2.21 bits per heavy atom. The Bertz CT molecular complexity index is 351. The van der Waals surface area contributed by atoms with Crippen molar-refractivity contribution in [2.75, 3.05) is 13.7 Å². The van der Waals surface area contributed by atoms with Gasteiger partial charge in [-0.15, -0.1) is 0 Å². The summed E-state index contributed by atoms with van der Waals surface area (Å²) in [6.07, 6.45) is 5.77. The summed E-state index contributed by atoms with van der Waals surface area (Å²) >= 11 is 0. The molecule has 1 saturated carbocycles. The number of phenols is 1. The van der Waals surface area contributed by atoms with Gasteiger partial charge in [0.25, 0.3) is 0 Å². The third-order valence-corrected chi connectivity index (χ3v) is 3.61. The number of aldehydes is 1. The zero-order chi connectivity index (χ0) is 14.1. The predicted molar refractivity (Wildman–Crippen MR) is 76.4 cm³/mol. The Labute approximate surface area is 115 Å². The second-order valence-corrected chi connectivity index (χ2v) is 5.00. The summed E-state index contributed by atoms with van der Waals surface area (Å²) in [6, 6.07) is 7.68. The number of rotatable bonds is 3. The predicted octanol–water partition coefficient (Wildman–Crippen LogP) is 3.52. The van der Waals surface area contributed by atoms with E-state index >= 15 is 0 Å². The largest absolute Gasteiger partial charge is 0.508 e. The van der Waals surface area contributed by atoms with Crippen molar-refractivity contribution < 1.29 is 14.6 Å². The van der Waals surface area contributed by atoms with Crippen LogP contribution in [0.15, 0.2) is 24.3 Å². The molecular weight excluding hydrogens is 240 g/mol. The third-order valence-electron chi connectivity index (χ3n) is 3.61. The van der Waals surface area contributed by atoms with Crippen LogP contribution >= 0.6 is 0 Å². The quantitative estimate of drug-likeness (QED) is 0.850. The normalized spacial score (nSPS) is 22.2. The molecular formula is C16H24O3. The zero-order valence-electron chi connectivity index (χ0n) is 11.8. The first-order valence-electron chi connectivity index (χ1n) is 6.88. The average Bonchev–Trinajstić information content (AvgIpc) is 2.42. The van der Waals surface area contributed by atoms with Gasteiger partial charge in [-0.3, -0.25) is 0 Å². The summed E-state index contributed by atoms with van der Waals surface area (Å²) in [5.41, 5.74) is 1.37. The molecule has 106 valence electrons. The lowest BCUT2D eigenvalue weighted by molar-refractivity contribution is -0.106. The van der Waals surface area contributed by atoms with E-state index in [9.17, 15) is 5.11 Å². The van der Waals surface area contributed by atoms with Crippen LogP contribution in [0.1, 0.15) is 44.1 Å². The number of carbonyl (C=O) groups is 1. The Kier molecular flexibility index (Phi) is 7.19. The molecule has 0 unspecified atom stereocenters. The summed E-state index contributed by atoms with van der Waals surface area (Å²) in [5, 5.41) is 9.25. The van der Waals surface area contributed by atoms with Gasteiger partial charge in [-0.1, -0.05) is 12.1 Å². The van der Waals surface area contributed by atoms with Gasteiger partial charge in [-0.05, 0) is 62.1 Å². The van der Waals surface area contributed by atoms with E-state index < -0.39 is 0 Å². The number of carbonyl (C=O) groups excluding carboxylic acids is 1. The number of hydrogen-bond donors (Lipinski definition) is 1. The van der Waals surface area contributed by atoms with Gasteiger partial charge in [-0.2, -0.15) is 0 Å². The molecule has 1 N–H and O–H groups in total. The first-order chi connectivity index (χ1) is 9.21. The van der Waals surface area contributed by atoms with Crippen LogP contribution in [0.2, 0.25) is 0 Å². The summed E-state index contributed by atoms with van der Waals surface area (Å²) in [4.78, 5) is 8.81. The van der Waals surface area contributed by atoms with Gasteiger partial charge in [-0.25, -0.2) is 0 Å². The molecule has 0 heterocycles. The van der Waals surface area contributed by atoms with Crippen LogP contribution in [0, 0.1) is 5.92 Å². The SMILES string of the molecule is CC=O.COCC1CCC(c2ccc(O)cc2)CC1. The Morgan fingerprint density at radius 1 is 1.21 bits per heavy atom. The lowest BCUT2D eigenvalue weighted by Crippen LogP contribution is -2.17. The van der Waals surface area contributed by atoms with Crippen molar-refractivity contribution in [3.05, 3.63) is 29.8 Å². The van der Waals surface area contributed by atoms with Crippen molar-refractivity contribution in [3.8, 4) is 5.75 Å². The highest BCUT2D eigenvalue weighted by Gasteiger charge is 2.21. The molecule has 1 aliphatic carbocycles. The molecule has 19 heavy (non-hydrogen) atoms. The fourth-order valence-corrected chi connectivity index (χ4v) is 2.64. The number of ether oxygens (including phenoxy) is 1. The Morgan fingerprint density at radius 2 is 1.74 bits per heavy atom. The van der Waals surface area contributed by atoms with Gasteiger partial charge in [0.15, 0.2) is 0 Å². The molecule has 1 aromatic carbocycles. The molecule has 2 rings (SSSR count). The van der Waals surface area contributed by atoms with Crippen molar-refractivity contribution >= 4 is 6.29 Å². The van der Waals surface area contributed by atoms with Crippen LogP contribution in [0.25, 0.3) is 0 Å². The number of benzene rings is 1. The molecule has 0 amide bonds. The Balaban J connectivity index is 0.000000550. The van der Waals surface area contributed by atoms with Crippen LogP contribution in [-0.2, 0) is 9.53 Å². The maximum Gasteiger partial charge on any atom is 0.116 e. The molecule has 0 bridgehead atoms. The topological polar surface area (TPSA) is 46.5 Å². The lowest BCUT2D eigenvalue weighted by atomic mass is 9.79.